The topological polar surface area (TPSA) is 58.4 Å². The summed E-state index contributed by atoms with van der Waals surface area (Å²) in [5.74, 6) is 0.559. The van der Waals surface area contributed by atoms with E-state index in [1.807, 2.05) is 24.5 Å². The zero-order chi connectivity index (χ0) is 19.2. The molecule has 0 saturated carbocycles. The Balaban J connectivity index is 2.01. The molecule has 0 N–H and O–H groups in total. The summed E-state index contributed by atoms with van der Waals surface area (Å²) in [7, 11) is 1.47. The Hall–Kier alpha value is -1.80. The molecular formula is C19H22ClN3O3S. The molecule has 0 atom stereocenters. The van der Waals surface area contributed by atoms with Gasteiger partial charge in [0.15, 0.2) is 5.16 Å². The van der Waals surface area contributed by atoms with E-state index in [0.717, 1.165) is 33.7 Å². The quantitative estimate of drug-likeness (QED) is 0.172. The molecule has 0 aliphatic rings. The maximum Gasteiger partial charge on any atom is 0.227 e. The van der Waals surface area contributed by atoms with Crippen LogP contribution in [-0.2, 0) is 22.7 Å². The highest BCUT2D eigenvalue weighted by molar-refractivity contribution is 7.98. The second-order valence-electron chi connectivity index (χ2n) is 5.80. The third-order valence-corrected chi connectivity index (χ3v) is 4.86. The summed E-state index contributed by atoms with van der Waals surface area (Å²) in [6.45, 7) is 3.47. The summed E-state index contributed by atoms with van der Waals surface area (Å²) in [5.41, 5.74) is 3.14. The molecule has 0 amide bonds. The lowest BCUT2D eigenvalue weighted by Gasteiger charge is -2.11. The predicted octanol–water partition coefficient (Wildman–Crippen LogP) is 4.37. The van der Waals surface area contributed by atoms with Crippen LogP contribution in [0.2, 0.25) is 5.02 Å². The molecular weight excluding hydrogens is 386 g/mol. The summed E-state index contributed by atoms with van der Waals surface area (Å²) < 4.78 is 8.04. The van der Waals surface area contributed by atoms with Gasteiger partial charge in [0, 0.05) is 17.3 Å². The number of aromatic nitrogens is 3. The molecule has 0 aliphatic heterocycles. The van der Waals surface area contributed by atoms with Gasteiger partial charge in [0.05, 0.1) is 12.5 Å². The highest BCUT2D eigenvalue weighted by Crippen LogP contribution is 2.30. The van der Waals surface area contributed by atoms with Crippen molar-refractivity contribution in [2.75, 3.05) is 26.6 Å². The number of hydrogen-bond donors (Lipinski definition) is 0. The minimum atomic E-state index is 0.320. The van der Waals surface area contributed by atoms with Crippen LogP contribution in [-0.4, -0.2) is 41.1 Å². The molecule has 1 aromatic carbocycles. The fourth-order valence-electron chi connectivity index (χ4n) is 2.88. The van der Waals surface area contributed by atoms with Crippen LogP contribution in [0.1, 0.15) is 18.2 Å². The van der Waals surface area contributed by atoms with Crippen LogP contribution < -0.4 is 4.74 Å². The molecule has 0 bridgehead atoms. The number of ether oxygens (including phenoxy) is 1. The van der Waals surface area contributed by atoms with Crippen LogP contribution in [0.3, 0.4) is 0 Å². The summed E-state index contributed by atoms with van der Waals surface area (Å²) in [6, 6.07) is 9.97. The Bertz CT molecular complexity index is 917. The number of hydrogen-bond acceptors (Lipinski definition) is 6. The van der Waals surface area contributed by atoms with Crippen LogP contribution in [0.5, 0.6) is 5.88 Å². The van der Waals surface area contributed by atoms with Crippen molar-refractivity contribution in [2.24, 2.45) is 0 Å². The molecule has 0 saturated heterocycles. The highest BCUT2D eigenvalue weighted by atomic mass is 35.5. The summed E-state index contributed by atoms with van der Waals surface area (Å²) in [5, 5.41) is 2.28. The van der Waals surface area contributed by atoms with Crippen LogP contribution in [0.4, 0.5) is 0 Å². The zero-order valence-corrected chi connectivity index (χ0v) is 17.1. The van der Waals surface area contributed by atoms with Gasteiger partial charge in [0.1, 0.15) is 18.9 Å². The molecule has 0 fully saturated rings. The summed E-state index contributed by atoms with van der Waals surface area (Å²) in [4.78, 5) is 18.7. The molecule has 144 valence electrons. The summed E-state index contributed by atoms with van der Waals surface area (Å²) >= 11 is 7.64. The molecule has 0 aliphatic carbocycles. The van der Waals surface area contributed by atoms with E-state index in [2.05, 4.69) is 33.5 Å². The van der Waals surface area contributed by atoms with Gasteiger partial charge < -0.3 is 9.30 Å². The fraction of sp³-hybridized carbons (Fsp3) is 0.368. The van der Waals surface area contributed by atoms with Gasteiger partial charge >= 0.3 is 0 Å². The molecule has 0 unspecified atom stereocenters. The van der Waals surface area contributed by atoms with E-state index in [1.165, 1.54) is 18.9 Å². The molecule has 0 spiro atoms. The number of fused-ring (bicyclic) bond motifs is 1. The standard InChI is InChI=1S/C19H22ClN3O3S/c1-4-15-11-16-17(23(15)12-13-6-5-7-14(20)10-13)21-19(27-3)22-18(16)25-8-9-26-24-2/h5-7,10-11H,4,8-9,12H2,1-3H3. The predicted molar refractivity (Wildman–Crippen MR) is 108 cm³/mol. The Kier molecular flexibility index (Phi) is 6.95. The van der Waals surface area contributed by atoms with Crippen LogP contribution in [0, 0.1) is 0 Å². The van der Waals surface area contributed by atoms with Crippen molar-refractivity contribution in [1.29, 1.82) is 0 Å². The van der Waals surface area contributed by atoms with Gasteiger partial charge in [0.25, 0.3) is 0 Å². The minimum absolute atomic E-state index is 0.320. The van der Waals surface area contributed by atoms with E-state index < -0.39 is 0 Å². The molecule has 3 aromatic rings. The van der Waals surface area contributed by atoms with Crippen molar-refractivity contribution in [3.05, 3.63) is 46.6 Å². The van der Waals surface area contributed by atoms with Crippen LogP contribution in [0.15, 0.2) is 35.5 Å². The number of halogens is 1. The molecule has 8 heteroatoms. The van der Waals surface area contributed by atoms with Crippen molar-refractivity contribution in [3.63, 3.8) is 0 Å². The maximum absolute atomic E-state index is 6.15. The van der Waals surface area contributed by atoms with Gasteiger partial charge in [-0.1, -0.05) is 42.4 Å². The van der Waals surface area contributed by atoms with E-state index in [-0.39, 0.29) is 0 Å². The van der Waals surface area contributed by atoms with Crippen molar-refractivity contribution in [3.8, 4) is 5.88 Å². The molecule has 27 heavy (non-hydrogen) atoms. The number of aryl methyl sites for hydroxylation is 1. The molecule has 2 aromatic heterocycles. The average Bonchev–Trinajstić information content (AvgIpc) is 3.02. The van der Waals surface area contributed by atoms with Gasteiger partial charge in [0.2, 0.25) is 5.88 Å². The van der Waals surface area contributed by atoms with Gasteiger partial charge in [-0.15, -0.1) is 0 Å². The maximum atomic E-state index is 6.15. The first-order valence-corrected chi connectivity index (χ1v) is 10.2. The third-order valence-electron chi connectivity index (χ3n) is 4.08. The van der Waals surface area contributed by atoms with E-state index >= 15 is 0 Å². The van der Waals surface area contributed by atoms with Crippen LogP contribution >= 0.6 is 23.4 Å². The van der Waals surface area contributed by atoms with Gasteiger partial charge in [-0.2, -0.15) is 4.98 Å². The van der Waals surface area contributed by atoms with Gasteiger partial charge in [-0.05, 0) is 36.4 Å². The molecule has 6 nitrogen and oxygen atoms in total. The van der Waals surface area contributed by atoms with Crippen molar-refractivity contribution in [1.82, 2.24) is 14.5 Å². The Morgan fingerprint density at radius 2 is 2.04 bits per heavy atom. The molecule has 2 heterocycles. The van der Waals surface area contributed by atoms with Crippen molar-refractivity contribution < 1.29 is 14.5 Å². The third kappa shape index (κ3) is 4.73. The van der Waals surface area contributed by atoms with Gasteiger partial charge in [-0.3, -0.25) is 0 Å². The SMILES string of the molecule is CCc1cc2c(OCCOOC)nc(SC)nc2n1Cc1cccc(Cl)c1. The number of rotatable bonds is 9. The second-order valence-corrected chi connectivity index (χ2v) is 7.00. The number of benzene rings is 1. The Labute approximate surface area is 167 Å². The fourth-order valence-corrected chi connectivity index (χ4v) is 3.44. The van der Waals surface area contributed by atoms with E-state index in [4.69, 9.17) is 26.2 Å². The van der Waals surface area contributed by atoms with Crippen molar-refractivity contribution in [2.45, 2.75) is 25.0 Å². The molecule has 3 rings (SSSR count). The summed E-state index contributed by atoms with van der Waals surface area (Å²) in [6.07, 6.45) is 2.82. The first kappa shape index (κ1) is 19.9. The van der Waals surface area contributed by atoms with E-state index in [1.54, 1.807) is 0 Å². The van der Waals surface area contributed by atoms with Gasteiger partial charge in [-0.25, -0.2) is 14.8 Å². The largest absolute Gasteiger partial charge is 0.474 e. The zero-order valence-electron chi connectivity index (χ0n) is 15.6. The molecule has 0 radical (unpaired) electrons. The lowest BCUT2D eigenvalue weighted by atomic mass is 10.2. The van der Waals surface area contributed by atoms with E-state index in [0.29, 0.717) is 30.8 Å². The van der Waals surface area contributed by atoms with E-state index in [9.17, 15) is 0 Å². The number of nitrogens with zero attached hydrogens (tertiary/aromatic N) is 3. The average molecular weight is 408 g/mol. The number of thioether (sulfide) groups is 1. The highest BCUT2D eigenvalue weighted by Gasteiger charge is 2.17. The first-order chi connectivity index (χ1) is 13.2. The Morgan fingerprint density at radius 3 is 2.74 bits per heavy atom. The lowest BCUT2D eigenvalue weighted by Crippen LogP contribution is -2.09. The minimum Gasteiger partial charge on any atom is -0.474 e. The monoisotopic (exact) mass is 407 g/mol. The Morgan fingerprint density at radius 1 is 1.19 bits per heavy atom. The second kappa shape index (κ2) is 9.41. The first-order valence-electron chi connectivity index (χ1n) is 8.63. The van der Waals surface area contributed by atoms with Crippen LogP contribution in [0.25, 0.3) is 11.0 Å². The lowest BCUT2D eigenvalue weighted by molar-refractivity contribution is -0.275. The normalized spacial score (nSPS) is 11.3. The van der Waals surface area contributed by atoms with Crippen molar-refractivity contribution >= 4 is 34.4 Å². The smallest absolute Gasteiger partial charge is 0.227 e.